The lowest BCUT2D eigenvalue weighted by atomic mass is 10.2. The fourth-order valence-electron chi connectivity index (χ4n) is 3.32. The quantitative estimate of drug-likeness (QED) is 0.505. The Balaban J connectivity index is 1.65. The summed E-state index contributed by atoms with van der Waals surface area (Å²) in [5, 5.41) is 13.5. The molecule has 7 heteroatoms. The lowest BCUT2D eigenvalue weighted by Gasteiger charge is -2.05. The van der Waals surface area contributed by atoms with Gasteiger partial charge in [-0.05, 0) is 47.2 Å². The summed E-state index contributed by atoms with van der Waals surface area (Å²) in [6.07, 6.45) is 3.48. The van der Waals surface area contributed by atoms with Crippen molar-refractivity contribution in [3.8, 4) is 11.6 Å². The highest BCUT2D eigenvalue weighted by Crippen LogP contribution is 2.25. The Morgan fingerprint density at radius 2 is 1.84 bits per heavy atom. The Morgan fingerprint density at radius 3 is 2.68 bits per heavy atom. The molecule has 0 fully saturated rings. The summed E-state index contributed by atoms with van der Waals surface area (Å²) >= 11 is 7.72. The number of nitrogens with zero attached hydrogens (tertiary/aromatic N) is 4. The van der Waals surface area contributed by atoms with Gasteiger partial charge >= 0.3 is 0 Å². The first kappa shape index (κ1) is 19.5. The van der Waals surface area contributed by atoms with Crippen LogP contribution in [0.5, 0.6) is 5.88 Å². The van der Waals surface area contributed by atoms with E-state index in [4.69, 9.17) is 16.6 Å². The predicted molar refractivity (Wildman–Crippen MR) is 125 cm³/mol. The number of benzene rings is 3. The van der Waals surface area contributed by atoms with E-state index in [0.29, 0.717) is 21.2 Å². The van der Waals surface area contributed by atoms with Gasteiger partial charge in [0.25, 0.3) is 0 Å². The highest BCUT2D eigenvalue weighted by atomic mass is 35.5. The SMILES string of the molecule is Oc1c(/C=c2\ccc3c(c2)N=CN=3)sc(=NCc2ccccc2Cl)n1-c1ccccc1. The summed E-state index contributed by atoms with van der Waals surface area (Å²) in [6, 6.07) is 23.2. The smallest absolute Gasteiger partial charge is 0.215 e. The summed E-state index contributed by atoms with van der Waals surface area (Å²) in [7, 11) is 0. The molecule has 2 heterocycles. The molecule has 1 aliphatic rings. The van der Waals surface area contributed by atoms with E-state index >= 15 is 0 Å². The second-order valence-corrected chi connectivity index (χ2v) is 8.33. The molecule has 0 atom stereocenters. The number of hydrogen-bond donors (Lipinski definition) is 1. The van der Waals surface area contributed by atoms with Gasteiger partial charge in [-0.25, -0.2) is 9.98 Å². The van der Waals surface area contributed by atoms with Crippen molar-refractivity contribution in [1.82, 2.24) is 4.57 Å². The minimum atomic E-state index is 0.141. The van der Waals surface area contributed by atoms with E-state index in [1.165, 1.54) is 11.3 Å². The molecule has 0 saturated heterocycles. The average molecular weight is 445 g/mol. The van der Waals surface area contributed by atoms with Crippen LogP contribution in [-0.4, -0.2) is 16.0 Å². The van der Waals surface area contributed by atoms with Gasteiger partial charge in [-0.15, -0.1) is 0 Å². The van der Waals surface area contributed by atoms with Crippen LogP contribution in [0.3, 0.4) is 0 Å². The number of aromatic hydroxyl groups is 1. The maximum atomic E-state index is 11.1. The third-order valence-electron chi connectivity index (χ3n) is 4.87. The molecular formula is C24H17ClN4OS. The number of thiazole rings is 1. The average Bonchev–Trinajstić information content (AvgIpc) is 3.38. The Labute approximate surface area is 187 Å². The van der Waals surface area contributed by atoms with Crippen LogP contribution in [0.1, 0.15) is 10.4 Å². The van der Waals surface area contributed by atoms with Crippen molar-refractivity contribution >= 4 is 41.0 Å². The van der Waals surface area contributed by atoms with Gasteiger partial charge in [0, 0.05) is 5.02 Å². The maximum Gasteiger partial charge on any atom is 0.215 e. The van der Waals surface area contributed by atoms with Crippen LogP contribution in [0.4, 0.5) is 5.69 Å². The van der Waals surface area contributed by atoms with Gasteiger partial charge in [0.15, 0.2) is 4.80 Å². The van der Waals surface area contributed by atoms with Crippen LogP contribution in [0, 0.1) is 0 Å². The van der Waals surface area contributed by atoms with Crippen LogP contribution in [0.2, 0.25) is 5.02 Å². The Hall–Kier alpha value is -3.48. The molecule has 1 aromatic heterocycles. The molecule has 1 N–H and O–H groups in total. The third kappa shape index (κ3) is 3.95. The molecule has 0 aliphatic carbocycles. The Morgan fingerprint density at radius 1 is 1.03 bits per heavy atom. The predicted octanol–water partition coefficient (Wildman–Crippen LogP) is 4.12. The van der Waals surface area contributed by atoms with Gasteiger partial charge in [-0.1, -0.05) is 65.4 Å². The highest BCUT2D eigenvalue weighted by Gasteiger charge is 2.13. The van der Waals surface area contributed by atoms with Crippen molar-refractivity contribution in [3.63, 3.8) is 0 Å². The second kappa shape index (κ2) is 8.34. The molecule has 5 rings (SSSR count). The van der Waals surface area contributed by atoms with Crippen molar-refractivity contribution in [1.29, 1.82) is 0 Å². The van der Waals surface area contributed by atoms with Gasteiger partial charge in [-0.3, -0.25) is 9.56 Å². The van der Waals surface area contributed by atoms with E-state index in [9.17, 15) is 5.11 Å². The van der Waals surface area contributed by atoms with Crippen molar-refractivity contribution in [3.05, 3.63) is 104 Å². The minimum Gasteiger partial charge on any atom is -0.493 e. The van der Waals surface area contributed by atoms with Crippen molar-refractivity contribution < 1.29 is 5.11 Å². The standard InChI is InChI=1S/C24H17ClN4OS/c25-19-9-5-4-6-17(19)14-26-24-29(18-7-2-1-3-8-18)23(30)22(31-24)13-16-10-11-20-21(12-16)28-15-27-20/h1-13,15,30H,14H2/b16-13+,26-24?. The van der Waals surface area contributed by atoms with Gasteiger partial charge < -0.3 is 5.11 Å². The molecule has 0 saturated carbocycles. The number of aliphatic imine (C=N–C) groups is 1. The molecular weight excluding hydrogens is 428 g/mol. The first-order valence-electron chi connectivity index (χ1n) is 9.65. The molecule has 0 radical (unpaired) electrons. The van der Waals surface area contributed by atoms with Crippen LogP contribution >= 0.6 is 22.9 Å². The number of fused-ring (bicyclic) bond motifs is 1. The van der Waals surface area contributed by atoms with E-state index in [2.05, 4.69) is 9.98 Å². The maximum absolute atomic E-state index is 11.1. The van der Waals surface area contributed by atoms with Crippen molar-refractivity contribution in [2.45, 2.75) is 6.54 Å². The fraction of sp³-hybridized carbons (Fsp3) is 0.0417. The van der Waals surface area contributed by atoms with Gasteiger partial charge in [0.2, 0.25) is 5.88 Å². The lowest BCUT2D eigenvalue weighted by Crippen LogP contribution is -2.12. The van der Waals surface area contributed by atoms with Crippen LogP contribution in [-0.2, 0) is 6.54 Å². The summed E-state index contributed by atoms with van der Waals surface area (Å²) in [6.45, 7) is 0.418. The number of aromatic nitrogens is 1. The van der Waals surface area contributed by atoms with E-state index in [-0.39, 0.29) is 5.88 Å². The first-order chi connectivity index (χ1) is 15.2. The fourth-order valence-corrected chi connectivity index (χ4v) is 4.51. The highest BCUT2D eigenvalue weighted by molar-refractivity contribution is 7.10. The van der Waals surface area contributed by atoms with E-state index in [1.54, 1.807) is 10.9 Å². The summed E-state index contributed by atoms with van der Waals surface area (Å²) < 4.78 is 1.76. The number of halogens is 1. The first-order valence-corrected chi connectivity index (χ1v) is 10.8. The molecule has 4 aromatic rings. The third-order valence-corrected chi connectivity index (χ3v) is 6.26. The number of hydrogen-bond acceptors (Lipinski definition) is 5. The lowest BCUT2D eigenvalue weighted by molar-refractivity contribution is 0.439. The minimum absolute atomic E-state index is 0.141. The normalized spacial score (nSPS) is 13.5. The zero-order valence-electron chi connectivity index (χ0n) is 16.3. The van der Waals surface area contributed by atoms with E-state index in [1.807, 2.05) is 78.9 Å². The second-order valence-electron chi connectivity index (χ2n) is 6.92. The molecule has 1 aliphatic heterocycles. The monoisotopic (exact) mass is 444 g/mol. The van der Waals surface area contributed by atoms with Crippen LogP contribution < -0.4 is 15.4 Å². The number of rotatable bonds is 4. The summed E-state index contributed by atoms with van der Waals surface area (Å²) in [5.41, 5.74) is 2.60. The number of para-hydroxylation sites is 1. The molecule has 3 aromatic carbocycles. The molecule has 0 unspecified atom stereocenters. The van der Waals surface area contributed by atoms with Crippen LogP contribution in [0.15, 0.2) is 87.8 Å². The molecule has 0 amide bonds. The summed E-state index contributed by atoms with van der Waals surface area (Å²) in [5.74, 6) is 0.141. The Bertz CT molecular complexity index is 1490. The molecule has 0 bridgehead atoms. The van der Waals surface area contributed by atoms with E-state index < -0.39 is 0 Å². The van der Waals surface area contributed by atoms with Gasteiger partial charge in [-0.2, -0.15) is 0 Å². The van der Waals surface area contributed by atoms with E-state index in [0.717, 1.165) is 27.5 Å². The zero-order valence-corrected chi connectivity index (χ0v) is 17.9. The van der Waals surface area contributed by atoms with Crippen molar-refractivity contribution in [2.75, 3.05) is 0 Å². The summed E-state index contributed by atoms with van der Waals surface area (Å²) in [4.78, 5) is 14.6. The van der Waals surface area contributed by atoms with Crippen LogP contribution in [0.25, 0.3) is 11.8 Å². The molecule has 5 nitrogen and oxygen atoms in total. The molecule has 31 heavy (non-hydrogen) atoms. The topological polar surface area (TPSA) is 62.2 Å². The zero-order chi connectivity index (χ0) is 21.2. The molecule has 0 spiro atoms. The molecule has 152 valence electrons. The Kier molecular flexibility index (Phi) is 5.24. The van der Waals surface area contributed by atoms with Gasteiger partial charge in [0.05, 0.1) is 28.2 Å². The van der Waals surface area contributed by atoms with Crippen molar-refractivity contribution in [2.24, 2.45) is 15.0 Å². The largest absolute Gasteiger partial charge is 0.493 e. The van der Waals surface area contributed by atoms with Gasteiger partial charge in [0.1, 0.15) is 6.34 Å².